The second kappa shape index (κ2) is 13.7. The molecular formula is C17H33N3O4. The predicted molar refractivity (Wildman–Crippen MR) is 94.3 cm³/mol. The molecule has 7 heteroatoms. The van der Waals surface area contributed by atoms with Crippen LogP contribution in [0.5, 0.6) is 0 Å². The van der Waals surface area contributed by atoms with E-state index < -0.39 is 18.0 Å². The van der Waals surface area contributed by atoms with Gasteiger partial charge in [-0.25, -0.2) is 0 Å². The van der Waals surface area contributed by atoms with E-state index in [0.29, 0.717) is 0 Å². The molecule has 0 aromatic rings. The van der Waals surface area contributed by atoms with E-state index in [1.165, 1.54) is 45.1 Å². The van der Waals surface area contributed by atoms with Gasteiger partial charge in [0, 0.05) is 32.4 Å². The maximum Gasteiger partial charge on any atom is 0.320 e. The number of carbonyl (C=O) groups is 2. The van der Waals surface area contributed by atoms with Crippen LogP contribution in [-0.4, -0.2) is 58.3 Å². The summed E-state index contributed by atoms with van der Waals surface area (Å²) in [4.78, 5) is 24.5. The van der Waals surface area contributed by atoms with Gasteiger partial charge in [-0.05, 0) is 12.8 Å². The molecule has 0 fully saturated rings. The zero-order valence-corrected chi connectivity index (χ0v) is 15.0. The van der Waals surface area contributed by atoms with E-state index in [4.69, 9.17) is 15.9 Å². The lowest BCUT2D eigenvalue weighted by molar-refractivity contribution is -0.139. The zero-order chi connectivity index (χ0) is 18.4. The van der Waals surface area contributed by atoms with E-state index in [1.54, 1.807) is 0 Å². The smallest absolute Gasteiger partial charge is 0.320 e. The molecule has 1 rings (SSSR count). The molecule has 1 atom stereocenters. The van der Waals surface area contributed by atoms with Crippen LogP contribution in [0.1, 0.15) is 58.3 Å². The molecule has 1 heterocycles. The van der Waals surface area contributed by atoms with Gasteiger partial charge in [0.15, 0.2) is 0 Å². The molecule has 140 valence electrons. The Morgan fingerprint density at radius 1 is 1.12 bits per heavy atom. The zero-order valence-electron chi connectivity index (χ0n) is 15.0. The van der Waals surface area contributed by atoms with Crippen molar-refractivity contribution in [1.82, 2.24) is 9.80 Å². The van der Waals surface area contributed by atoms with E-state index in [-0.39, 0.29) is 12.8 Å². The first-order chi connectivity index (χ1) is 11.4. The fourth-order valence-electron chi connectivity index (χ4n) is 2.23. The standard InChI is InChI=1S/C12H24N2.C5H9NO4/c1-3-4-5-6-7-8-9-14-11-10-13(2)12-14;6-3(5(9)10)1-2-4(7)8/h10-11H,3-9,12H2,1-2H3;3H,1-2,6H2,(H,7,8)(H,9,10)/t;3-/m.0/s1. The summed E-state index contributed by atoms with van der Waals surface area (Å²) < 4.78 is 0. The van der Waals surface area contributed by atoms with Crippen molar-refractivity contribution < 1.29 is 19.8 Å². The molecule has 1 aliphatic rings. The third-order valence-electron chi connectivity index (χ3n) is 3.72. The summed E-state index contributed by atoms with van der Waals surface area (Å²) in [6.07, 6.45) is 12.5. The molecule has 4 N–H and O–H groups in total. The van der Waals surface area contributed by atoms with E-state index in [2.05, 4.69) is 36.2 Å². The van der Waals surface area contributed by atoms with Crippen LogP contribution < -0.4 is 5.73 Å². The molecular weight excluding hydrogens is 310 g/mol. The highest BCUT2D eigenvalue weighted by atomic mass is 16.4. The van der Waals surface area contributed by atoms with E-state index in [9.17, 15) is 9.59 Å². The van der Waals surface area contributed by atoms with Crippen LogP contribution >= 0.6 is 0 Å². The van der Waals surface area contributed by atoms with Crippen LogP contribution in [0.25, 0.3) is 0 Å². The lowest BCUT2D eigenvalue weighted by atomic mass is 10.1. The number of aliphatic carboxylic acids is 2. The fourth-order valence-corrected chi connectivity index (χ4v) is 2.23. The molecule has 7 nitrogen and oxygen atoms in total. The van der Waals surface area contributed by atoms with Crippen LogP contribution in [0.4, 0.5) is 0 Å². The van der Waals surface area contributed by atoms with Gasteiger partial charge in [0.25, 0.3) is 0 Å². The van der Waals surface area contributed by atoms with Crippen LogP contribution in [0.15, 0.2) is 12.4 Å². The number of rotatable bonds is 11. The first kappa shape index (κ1) is 22.2. The van der Waals surface area contributed by atoms with Gasteiger partial charge in [-0.3, -0.25) is 9.59 Å². The summed E-state index contributed by atoms with van der Waals surface area (Å²) in [6.45, 7) is 4.58. The highest BCUT2D eigenvalue weighted by Crippen LogP contribution is 2.08. The quantitative estimate of drug-likeness (QED) is 0.494. The van der Waals surface area contributed by atoms with Crippen molar-refractivity contribution in [3.8, 4) is 0 Å². The van der Waals surface area contributed by atoms with Crippen molar-refractivity contribution in [3.63, 3.8) is 0 Å². The average Bonchev–Trinajstić information content (AvgIpc) is 2.94. The molecule has 0 saturated carbocycles. The van der Waals surface area contributed by atoms with Gasteiger partial charge >= 0.3 is 11.9 Å². The monoisotopic (exact) mass is 343 g/mol. The maximum atomic E-state index is 9.99. The van der Waals surface area contributed by atoms with Crippen molar-refractivity contribution in [2.45, 2.75) is 64.3 Å². The van der Waals surface area contributed by atoms with E-state index in [0.717, 1.165) is 6.67 Å². The molecule has 0 aromatic carbocycles. The highest BCUT2D eigenvalue weighted by Gasteiger charge is 2.12. The normalized spacial score (nSPS) is 14.3. The maximum absolute atomic E-state index is 9.99. The minimum absolute atomic E-state index is 0.0231. The summed E-state index contributed by atoms with van der Waals surface area (Å²) in [5.41, 5.74) is 5.00. The van der Waals surface area contributed by atoms with Crippen LogP contribution in [0.3, 0.4) is 0 Å². The Morgan fingerprint density at radius 3 is 2.25 bits per heavy atom. The molecule has 24 heavy (non-hydrogen) atoms. The van der Waals surface area contributed by atoms with Gasteiger partial charge in [-0.1, -0.05) is 39.0 Å². The second-order valence-corrected chi connectivity index (χ2v) is 6.15. The highest BCUT2D eigenvalue weighted by molar-refractivity contribution is 5.74. The Morgan fingerprint density at radius 2 is 1.75 bits per heavy atom. The molecule has 0 bridgehead atoms. The first-order valence-electron chi connectivity index (χ1n) is 8.69. The Balaban J connectivity index is 0.000000470. The van der Waals surface area contributed by atoms with Crippen LogP contribution in [-0.2, 0) is 9.59 Å². The average molecular weight is 343 g/mol. The summed E-state index contributed by atoms with van der Waals surface area (Å²) in [7, 11) is 2.12. The molecule has 0 aromatic heterocycles. The van der Waals surface area contributed by atoms with Crippen LogP contribution in [0.2, 0.25) is 0 Å². The third kappa shape index (κ3) is 12.8. The minimum atomic E-state index is -1.17. The second-order valence-electron chi connectivity index (χ2n) is 6.15. The topological polar surface area (TPSA) is 107 Å². The predicted octanol–water partition coefficient (Wildman–Crippen LogP) is 2.29. The van der Waals surface area contributed by atoms with Crippen molar-refractivity contribution in [3.05, 3.63) is 12.4 Å². The Bertz CT molecular complexity index is 388. The van der Waals surface area contributed by atoms with Gasteiger partial charge in [0.05, 0.1) is 6.67 Å². The Labute approximate surface area is 145 Å². The van der Waals surface area contributed by atoms with Gasteiger partial charge in [0.1, 0.15) is 6.04 Å². The van der Waals surface area contributed by atoms with E-state index >= 15 is 0 Å². The van der Waals surface area contributed by atoms with Crippen molar-refractivity contribution in [2.24, 2.45) is 5.73 Å². The van der Waals surface area contributed by atoms with Crippen molar-refractivity contribution in [2.75, 3.05) is 20.3 Å². The number of carboxylic acids is 2. The molecule has 0 aliphatic carbocycles. The number of hydrogen-bond acceptors (Lipinski definition) is 5. The lowest BCUT2D eigenvalue weighted by Crippen LogP contribution is -2.30. The number of nitrogens with zero attached hydrogens (tertiary/aromatic N) is 2. The fraction of sp³-hybridized carbons (Fsp3) is 0.765. The third-order valence-corrected chi connectivity index (χ3v) is 3.72. The Kier molecular flexibility index (Phi) is 12.7. The molecule has 1 aliphatic heterocycles. The van der Waals surface area contributed by atoms with E-state index in [1.807, 2.05) is 0 Å². The molecule has 0 spiro atoms. The largest absolute Gasteiger partial charge is 0.481 e. The summed E-state index contributed by atoms with van der Waals surface area (Å²) in [5, 5.41) is 16.3. The van der Waals surface area contributed by atoms with Gasteiger partial charge in [-0.15, -0.1) is 0 Å². The molecule has 0 unspecified atom stereocenters. The lowest BCUT2D eigenvalue weighted by Gasteiger charge is -2.17. The number of hydrogen-bond donors (Lipinski definition) is 3. The van der Waals surface area contributed by atoms with Gasteiger partial charge in [0.2, 0.25) is 0 Å². The molecule has 0 radical (unpaired) electrons. The van der Waals surface area contributed by atoms with Crippen LogP contribution in [0, 0.1) is 0 Å². The Hall–Kier alpha value is -1.76. The summed E-state index contributed by atoms with van der Waals surface area (Å²) in [5.74, 6) is -2.20. The molecule has 0 amide bonds. The SMILES string of the molecule is CCCCCCCCN1C=CN(C)C1.N[C@@H](CCC(=O)O)C(=O)O. The molecule has 0 saturated heterocycles. The number of carboxylic acid groups (broad SMARTS) is 2. The summed E-state index contributed by atoms with van der Waals surface area (Å²) >= 11 is 0. The summed E-state index contributed by atoms with van der Waals surface area (Å²) in [6, 6.07) is -1.06. The van der Waals surface area contributed by atoms with Gasteiger partial charge in [-0.2, -0.15) is 0 Å². The minimum Gasteiger partial charge on any atom is -0.481 e. The number of unbranched alkanes of at least 4 members (excludes halogenated alkanes) is 5. The van der Waals surface area contributed by atoms with Crippen molar-refractivity contribution >= 4 is 11.9 Å². The van der Waals surface area contributed by atoms with Gasteiger partial charge < -0.3 is 25.7 Å². The number of nitrogens with two attached hydrogens (primary N) is 1. The first-order valence-corrected chi connectivity index (χ1v) is 8.69. The van der Waals surface area contributed by atoms with Crippen molar-refractivity contribution in [1.29, 1.82) is 0 Å².